The van der Waals surface area contributed by atoms with Crippen LogP contribution >= 0.6 is 22.9 Å². The Kier molecular flexibility index (Phi) is 8.18. The van der Waals surface area contributed by atoms with E-state index >= 15 is 0 Å². The van der Waals surface area contributed by atoms with E-state index in [2.05, 4.69) is 10.6 Å². The lowest BCUT2D eigenvalue weighted by Crippen LogP contribution is -2.47. The first-order valence-corrected chi connectivity index (χ1v) is 11.3. The average Bonchev–Trinajstić information content (AvgIpc) is 3.20. The van der Waals surface area contributed by atoms with Gasteiger partial charge in [0.2, 0.25) is 5.91 Å². The summed E-state index contributed by atoms with van der Waals surface area (Å²) in [7, 11) is 3.13. The van der Waals surface area contributed by atoms with Crippen LogP contribution in [0.25, 0.3) is 0 Å². The topological polar surface area (TPSA) is 91.0 Å². The molecule has 34 heavy (non-hydrogen) atoms. The number of thiophene rings is 1. The Labute approximate surface area is 202 Å². The van der Waals surface area contributed by atoms with E-state index in [4.69, 9.17) is 16.3 Å². The molecule has 1 atom stereocenters. The number of amides is 3. The van der Waals surface area contributed by atoms with Gasteiger partial charge in [0.1, 0.15) is 12.6 Å². The zero-order valence-corrected chi connectivity index (χ0v) is 19.8. The van der Waals surface area contributed by atoms with Crippen LogP contribution in [0.2, 0.25) is 4.34 Å². The second-order valence-electron chi connectivity index (χ2n) is 7.61. The Bertz CT molecular complexity index is 1080. The van der Waals surface area contributed by atoms with Gasteiger partial charge in [0.05, 0.1) is 27.1 Å². The first kappa shape index (κ1) is 25.9. The summed E-state index contributed by atoms with van der Waals surface area (Å²) >= 11 is 6.89. The Balaban J connectivity index is 1.77. The maximum Gasteiger partial charge on any atom is 0.418 e. The highest BCUT2D eigenvalue weighted by atomic mass is 35.5. The van der Waals surface area contributed by atoms with Crippen LogP contribution < -0.4 is 15.5 Å². The molecule has 13 heteroatoms. The van der Waals surface area contributed by atoms with Crippen LogP contribution in [-0.2, 0) is 20.5 Å². The van der Waals surface area contributed by atoms with Gasteiger partial charge in [0.25, 0.3) is 11.8 Å². The van der Waals surface area contributed by atoms with E-state index in [0.29, 0.717) is 9.21 Å². The molecule has 8 nitrogen and oxygen atoms in total. The number of rotatable bonds is 7. The maximum absolute atomic E-state index is 13.8. The van der Waals surface area contributed by atoms with Gasteiger partial charge in [-0.3, -0.25) is 19.3 Å². The van der Waals surface area contributed by atoms with Gasteiger partial charge in [-0.25, -0.2) is 0 Å². The van der Waals surface area contributed by atoms with E-state index in [1.807, 2.05) is 0 Å². The third-order valence-electron chi connectivity index (χ3n) is 5.04. The third-order valence-corrected chi connectivity index (χ3v) is 6.27. The van der Waals surface area contributed by atoms with E-state index in [1.165, 1.54) is 21.9 Å². The van der Waals surface area contributed by atoms with Crippen LogP contribution in [0, 0.1) is 0 Å². The average molecular weight is 519 g/mol. The zero-order valence-electron chi connectivity index (χ0n) is 18.2. The monoisotopic (exact) mass is 518 g/mol. The molecule has 0 spiro atoms. The molecule has 2 aromatic rings. The smallest absolute Gasteiger partial charge is 0.370 e. The van der Waals surface area contributed by atoms with Crippen molar-refractivity contribution in [1.82, 2.24) is 10.2 Å². The van der Waals surface area contributed by atoms with Crippen LogP contribution in [0.5, 0.6) is 0 Å². The number of carbonyl (C=O) groups is 3. The molecule has 2 heterocycles. The summed E-state index contributed by atoms with van der Waals surface area (Å²) in [6.45, 7) is -0.0260. The number of likely N-dealkylation sites (N-methyl/N-ethyl adjacent to an activating group) is 1. The fourth-order valence-corrected chi connectivity index (χ4v) is 4.23. The SMILES string of the molecule is CN(C)[C@H](CNC(=O)c1ccc(Cl)s1)C(=O)Nc1ccc(N2CCOCC2=O)cc1C(F)(F)F. The molecule has 0 radical (unpaired) electrons. The van der Waals surface area contributed by atoms with E-state index in [1.54, 1.807) is 20.2 Å². The molecule has 0 aliphatic carbocycles. The number of anilines is 2. The fraction of sp³-hybridized carbons (Fsp3) is 0.381. The van der Waals surface area contributed by atoms with Crippen LogP contribution in [-0.4, -0.2) is 69.1 Å². The number of nitrogens with zero attached hydrogens (tertiary/aromatic N) is 2. The fourth-order valence-electron chi connectivity index (χ4n) is 3.27. The highest BCUT2D eigenvalue weighted by Gasteiger charge is 2.36. The van der Waals surface area contributed by atoms with Gasteiger partial charge in [-0.05, 0) is 44.4 Å². The van der Waals surface area contributed by atoms with Crippen molar-refractivity contribution in [2.24, 2.45) is 0 Å². The minimum atomic E-state index is -4.78. The summed E-state index contributed by atoms with van der Waals surface area (Å²) in [5, 5.41) is 4.90. The maximum atomic E-state index is 13.8. The summed E-state index contributed by atoms with van der Waals surface area (Å²) in [5.41, 5.74) is -1.48. The Hall–Kier alpha value is -2.67. The molecule has 1 aromatic heterocycles. The van der Waals surface area contributed by atoms with Crippen molar-refractivity contribution in [3.8, 4) is 0 Å². The van der Waals surface area contributed by atoms with Crippen LogP contribution in [0.4, 0.5) is 24.5 Å². The van der Waals surface area contributed by atoms with Crippen molar-refractivity contribution in [3.05, 3.63) is 45.1 Å². The van der Waals surface area contributed by atoms with E-state index in [-0.39, 0.29) is 32.0 Å². The Morgan fingerprint density at radius 3 is 2.59 bits per heavy atom. The molecule has 1 fully saturated rings. The summed E-state index contributed by atoms with van der Waals surface area (Å²) in [6, 6.07) is 5.40. The highest BCUT2D eigenvalue weighted by Crippen LogP contribution is 2.37. The molecular weight excluding hydrogens is 497 g/mol. The van der Waals surface area contributed by atoms with Crippen LogP contribution in [0.3, 0.4) is 0 Å². The molecule has 1 aliphatic rings. The number of ether oxygens (including phenoxy) is 1. The number of nitrogens with one attached hydrogen (secondary N) is 2. The van der Waals surface area contributed by atoms with Gasteiger partial charge in [-0.1, -0.05) is 11.6 Å². The van der Waals surface area contributed by atoms with Gasteiger partial charge in [0.15, 0.2) is 0 Å². The Morgan fingerprint density at radius 1 is 1.26 bits per heavy atom. The number of hydrogen-bond donors (Lipinski definition) is 2. The van der Waals surface area contributed by atoms with Gasteiger partial charge in [-0.2, -0.15) is 13.2 Å². The van der Waals surface area contributed by atoms with Crippen molar-refractivity contribution >= 4 is 52.0 Å². The molecule has 1 aromatic carbocycles. The number of hydrogen-bond acceptors (Lipinski definition) is 6. The van der Waals surface area contributed by atoms with Crippen molar-refractivity contribution in [3.63, 3.8) is 0 Å². The van der Waals surface area contributed by atoms with Crippen molar-refractivity contribution < 1.29 is 32.3 Å². The number of benzene rings is 1. The number of alkyl halides is 3. The molecule has 184 valence electrons. The first-order chi connectivity index (χ1) is 16.0. The third kappa shape index (κ3) is 6.26. The van der Waals surface area contributed by atoms with E-state index in [0.717, 1.165) is 23.5 Å². The molecule has 0 unspecified atom stereocenters. The zero-order chi connectivity index (χ0) is 25.0. The van der Waals surface area contributed by atoms with E-state index < -0.39 is 41.2 Å². The largest absolute Gasteiger partial charge is 0.418 e. The van der Waals surface area contributed by atoms with Crippen LogP contribution in [0.15, 0.2) is 30.3 Å². The first-order valence-electron chi connectivity index (χ1n) is 10.1. The highest BCUT2D eigenvalue weighted by molar-refractivity contribution is 7.18. The lowest BCUT2D eigenvalue weighted by atomic mass is 10.1. The Morgan fingerprint density at radius 2 is 2.00 bits per heavy atom. The van der Waals surface area contributed by atoms with Gasteiger partial charge < -0.3 is 20.3 Å². The minimum Gasteiger partial charge on any atom is -0.370 e. The molecule has 1 aliphatic heterocycles. The second kappa shape index (κ2) is 10.7. The molecule has 3 amide bonds. The molecule has 1 saturated heterocycles. The summed E-state index contributed by atoms with van der Waals surface area (Å²) in [5.74, 6) is -1.64. The van der Waals surface area contributed by atoms with Crippen molar-refractivity contribution in [1.29, 1.82) is 0 Å². The summed E-state index contributed by atoms with van der Waals surface area (Å²) in [6.07, 6.45) is -4.78. The standard InChI is InChI=1S/C21H22ClF3N4O4S/c1-28(2)15(10-26-20(32)16-5-6-17(22)34-16)19(31)27-14-4-3-12(9-13(14)21(23,24)25)29-7-8-33-11-18(29)30/h3-6,9,15H,7-8,10-11H2,1-2H3,(H,26,32)(H,27,31)/t15-/m1/s1. The molecule has 0 saturated carbocycles. The van der Waals surface area contributed by atoms with Gasteiger partial charge in [0, 0.05) is 18.8 Å². The quantitative estimate of drug-likeness (QED) is 0.588. The van der Waals surface area contributed by atoms with Gasteiger partial charge in [-0.15, -0.1) is 11.3 Å². The summed E-state index contributed by atoms with van der Waals surface area (Å²) < 4.78 is 46.8. The lowest BCUT2D eigenvalue weighted by Gasteiger charge is -2.28. The predicted molar refractivity (Wildman–Crippen MR) is 122 cm³/mol. The predicted octanol–water partition coefficient (Wildman–Crippen LogP) is 3.08. The number of morpholine rings is 1. The molecular formula is C21H22ClF3N4O4S. The number of halogens is 4. The minimum absolute atomic E-state index is 0.0599. The normalized spacial score (nSPS) is 15.4. The number of carbonyl (C=O) groups excluding carboxylic acids is 3. The molecule has 0 bridgehead atoms. The molecule has 3 rings (SSSR count). The lowest BCUT2D eigenvalue weighted by molar-refractivity contribution is -0.137. The molecule has 2 N–H and O–H groups in total. The van der Waals surface area contributed by atoms with Crippen molar-refractivity contribution in [2.45, 2.75) is 12.2 Å². The van der Waals surface area contributed by atoms with E-state index in [9.17, 15) is 27.6 Å². The van der Waals surface area contributed by atoms with Crippen molar-refractivity contribution in [2.75, 3.05) is 50.6 Å². The second-order valence-corrected chi connectivity index (χ2v) is 9.32. The van der Waals surface area contributed by atoms with Crippen LogP contribution in [0.1, 0.15) is 15.2 Å². The summed E-state index contributed by atoms with van der Waals surface area (Å²) in [4.78, 5) is 40.2. The van der Waals surface area contributed by atoms with Gasteiger partial charge >= 0.3 is 6.18 Å².